The van der Waals surface area contributed by atoms with Gasteiger partial charge in [-0.3, -0.25) is 9.78 Å². The number of amides is 1. The average Bonchev–Trinajstić information content (AvgIpc) is 2.78. The zero-order valence-electron chi connectivity index (χ0n) is 16.0. The van der Waals surface area contributed by atoms with E-state index in [1.165, 1.54) is 0 Å². The maximum atomic E-state index is 13.3. The lowest BCUT2D eigenvalue weighted by molar-refractivity contribution is 0.0934. The molecule has 5 nitrogen and oxygen atoms in total. The van der Waals surface area contributed by atoms with Crippen molar-refractivity contribution < 1.29 is 9.90 Å². The summed E-state index contributed by atoms with van der Waals surface area (Å²) < 4.78 is 0. The predicted molar refractivity (Wildman–Crippen MR) is 114 cm³/mol. The van der Waals surface area contributed by atoms with Crippen LogP contribution in [0.1, 0.15) is 35.3 Å². The maximum Gasteiger partial charge on any atom is 0.256 e. The number of aromatic hydroxyl groups is 1. The average molecular weight is 383 g/mol. The zero-order valence-corrected chi connectivity index (χ0v) is 16.0. The summed E-state index contributed by atoms with van der Waals surface area (Å²) in [4.78, 5) is 22.0. The molecule has 1 unspecified atom stereocenters. The van der Waals surface area contributed by atoms with E-state index < -0.39 is 0 Å². The van der Waals surface area contributed by atoms with Crippen molar-refractivity contribution in [2.45, 2.75) is 19.4 Å². The summed E-state index contributed by atoms with van der Waals surface area (Å²) in [7, 11) is 0. The summed E-state index contributed by atoms with van der Waals surface area (Å²) >= 11 is 0. The van der Waals surface area contributed by atoms with Crippen molar-refractivity contribution in [3.05, 3.63) is 90.3 Å². The molecule has 1 atom stereocenters. The van der Waals surface area contributed by atoms with E-state index in [0.29, 0.717) is 23.0 Å². The number of para-hydroxylation sites is 1. The third kappa shape index (κ3) is 3.67. The molecule has 29 heavy (non-hydrogen) atoms. The first kappa shape index (κ1) is 18.6. The normalized spacial score (nSPS) is 11.9. The first-order valence-electron chi connectivity index (χ1n) is 9.57. The SMILES string of the molecule is CCC(NC(=O)c1c(O)c(-c2ccccc2)nc2ccccc12)c1cccnc1. The van der Waals surface area contributed by atoms with E-state index in [4.69, 9.17) is 0 Å². The molecule has 0 radical (unpaired) electrons. The summed E-state index contributed by atoms with van der Waals surface area (Å²) in [5.74, 6) is -0.456. The number of nitrogens with zero attached hydrogens (tertiary/aromatic N) is 2. The van der Waals surface area contributed by atoms with Crippen LogP contribution in [-0.4, -0.2) is 21.0 Å². The number of carbonyl (C=O) groups is 1. The summed E-state index contributed by atoms with van der Waals surface area (Å²) in [5, 5.41) is 14.7. The van der Waals surface area contributed by atoms with E-state index in [2.05, 4.69) is 15.3 Å². The van der Waals surface area contributed by atoms with E-state index in [9.17, 15) is 9.90 Å². The smallest absolute Gasteiger partial charge is 0.256 e. The Morgan fingerprint density at radius 2 is 1.79 bits per heavy atom. The molecule has 4 aromatic rings. The Bertz CT molecular complexity index is 1140. The Kier molecular flexibility index (Phi) is 5.20. The standard InChI is InChI=1S/C24H21N3O2/c1-2-19(17-11-8-14-25-15-17)27-24(29)21-18-12-6-7-13-20(18)26-22(23(21)28)16-9-4-3-5-10-16/h3-15,19,28H,2H2,1H3,(H,27,29). The molecule has 0 aliphatic heterocycles. The molecule has 0 spiro atoms. The van der Waals surface area contributed by atoms with Crippen molar-refractivity contribution in [1.29, 1.82) is 0 Å². The molecule has 1 amide bonds. The highest BCUT2D eigenvalue weighted by atomic mass is 16.3. The molecular formula is C24H21N3O2. The lowest BCUT2D eigenvalue weighted by Crippen LogP contribution is -2.28. The van der Waals surface area contributed by atoms with Crippen molar-refractivity contribution in [2.75, 3.05) is 0 Å². The lowest BCUT2D eigenvalue weighted by atomic mass is 10.0. The number of rotatable bonds is 5. The maximum absolute atomic E-state index is 13.3. The summed E-state index contributed by atoms with van der Waals surface area (Å²) in [6.07, 6.45) is 4.15. The first-order valence-corrected chi connectivity index (χ1v) is 9.57. The van der Waals surface area contributed by atoms with E-state index >= 15 is 0 Å². The molecular weight excluding hydrogens is 362 g/mol. The number of nitrogens with one attached hydrogen (secondary N) is 1. The van der Waals surface area contributed by atoms with E-state index in [-0.39, 0.29) is 23.3 Å². The monoisotopic (exact) mass is 383 g/mol. The quantitative estimate of drug-likeness (QED) is 0.515. The van der Waals surface area contributed by atoms with Crippen LogP contribution < -0.4 is 5.32 Å². The van der Waals surface area contributed by atoms with Gasteiger partial charge >= 0.3 is 0 Å². The second-order valence-corrected chi connectivity index (χ2v) is 6.79. The Balaban J connectivity index is 1.82. The second-order valence-electron chi connectivity index (χ2n) is 6.79. The molecule has 0 aliphatic rings. The third-order valence-corrected chi connectivity index (χ3v) is 4.94. The number of pyridine rings is 2. The van der Waals surface area contributed by atoms with Crippen LogP contribution in [0.4, 0.5) is 0 Å². The number of carbonyl (C=O) groups excluding carboxylic acids is 1. The van der Waals surface area contributed by atoms with Gasteiger partial charge in [-0.1, -0.05) is 61.5 Å². The fourth-order valence-electron chi connectivity index (χ4n) is 3.46. The molecule has 2 heterocycles. The molecule has 2 aromatic heterocycles. The molecule has 0 saturated heterocycles. The highest BCUT2D eigenvalue weighted by Gasteiger charge is 2.23. The molecule has 2 N–H and O–H groups in total. The Morgan fingerprint density at radius 1 is 1.03 bits per heavy atom. The largest absolute Gasteiger partial charge is 0.505 e. The fourth-order valence-corrected chi connectivity index (χ4v) is 3.46. The zero-order chi connectivity index (χ0) is 20.2. The summed E-state index contributed by atoms with van der Waals surface area (Å²) in [6, 6.07) is 20.3. The van der Waals surface area contributed by atoms with Crippen LogP contribution in [0.5, 0.6) is 5.75 Å². The topological polar surface area (TPSA) is 75.1 Å². The molecule has 4 rings (SSSR count). The van der Waals surface area contributed by atoms with Gasteiger partial charge in [0, 0.05) is 23.3 Å². The van der Waals surface area contributed by atoms with Crippen molar-refractivity contribution in [1.82, 2.24) is 15.3 Å². The van der Waals surface area contributed by atoms with Crippen molar-refractivity contribution in [3.63, 3.8) is 0 Å². The van der Waals surface area contributed by atoms with E-state index in [1.54, 1.807) is 18.5 Å². The minimum absolute atomic E-state index is 0.117. The Morgan fingerprint density at radius 3 is 2.52 bits per heavy atom. The van der Waals surface area contributed by atoms with Crippen molar-refractivity contribution >= 4 is 16.8 Å². The van der Waals surface area contributed by atoms with Gasteiger partial charge in [-0.25, -0.2) is 4.98 Å². The molecule has 144 valence electrons. The van der Waals surface area contributed by atoms with Crippen LogP contribution in [0.3, 0.4) is 0 Å². The minimum Gasteiger partial charge on any atom is -0.505 e. The lowest BCUT2D eigenvalue weighted by Gasteiger charge is -2.19. The van der Waals surface area contributed by atoms with Crippen LogP contribution in [0.2, 0.25) is 0 Å². The predicted octanol–water partition coefficient (Wildman–Crippen LogP) is 4.88. The van der Waals surface area contributed by atoms with Gasteiger partial charge in [-0.05, 0) is 24.1 Å². The number of benzene rings is 2. The van der Waals surface area contributed by atoms with Crippen molar-refractivity contribution in [3.8, 4) is 17.0 Å². The van der Waals surface area contributed by atoms with Gasteiger partial charge in [-0.2, -0.15) is 0 Å². The highest BCUT2D eigenvalue weighted by Crippen LogP contribution is 2.35. The third-order valence-electron chi connectivity index (χ3n) is 4.94. The van der Waals surface area contributed by atoms with Gasteiger partial charge in [0.25, 0.3) is 5.91 Å². The Hall–Kier alpha value is -3.73. The van der Waals surface area contributed by atoms with E-state index in [0.717, 1.165) is 11.1 Å². The summed E-state index contributed by atoms with van der Waals surface area (Å²) in [6.45, 7) is 2.00. The van der Waals surface area contributed by atoms with Gasteiger partial charge in [-0.15, -0.1) is 0 Å². The number of hydrogen-bond donors (Lipinski definition) is 2. The van der Waals surface area contributed by atoms with Crippen LogP contribution in [0.15, 0.2) is 79.1 Å². The number of hydrogen-bond acceptors (Lipinski definition) is 4. The Labute approximate surface area is 169 Å². The molecule has 0 saturated carbocycles. The second kappa shape index (κ2) is 8.10. The van der Waals surface area contributed by atoms with Gasteiger partial charge in [0.1, 0.15) is 5.69 Å². The molecule has 5 heteroatoms. The van der Waals surface area contributed by atoms with Gasteiger partial charge in [0.2, 0.25) is 0 Å². The molecule has 2 aromatic carbocycles. The fraction of sp³-hybridized carbons (Fsp3) is 0.125. The number of fused-ring (bicyclic) bond motifs is 1. The number of aromatic nitrogens is 2. The van der Waals surface area contributed by atoms with Crippen LogP contribution in [0, 0.1) is 0 Å². The van der Waals surface area contributed by atoms with Gasteiger partial charge < -0.3 is 10.4 Å². The summed E-state index contributed by atoms with van der Waals surface area (Å²) in [5.41, 5.74) is 2.96. The molecule has 0 fully saturated rings. The first-order chi connectivity index (χ1) is 14.2. The van der Waals surface area contributed by atoms with Gasteiger partial charge in [0.15, 0.2) is 5.75 Å². The highest BCUT2D eigenvalue weighted by molar-refractivity contribution is 6.10. The molecule has 0 bridgehead atoms. The van der Waals surface area contributed by atoms with E-state index in [1.807, 2.05) is 67.6 Å². The molecule has 0 aliphatic carbocycles. The van der Waals surface area contributed by atoms with Crippen LogP contribution in [0.25, 0.3) is 22.2 Å². The van der Waals surface area contributed by atoms with Crippen LogP contribution >= 0.6 is 0 Å². The van der Waals surface area contributed by atoms with Gasteiger partial charge in [0.05, 0.1) is 17.1 Å². The van der Waals surface area contributed by atoms with Crippen molar-refractivity contribution in [2.24, 2.45) is 0 Å². The van der Waals surface area contributed by atoms with Crippen LogP contribution in [-0.2, 0) is 0 Å². The minimum atomic E-state index is -0.339.